The van der Waals surface area contributed by atoms with E-state index in [0.717, 1.165) is 16.7 Å². The summed E-state index contributed by atoms with van der Waals surface area (Å²) in [5.41, 5.74) is 3.08. The molecule has 0 radical (unpaired) electrons. The third-order valence-corrected chi connectivity index (χ3v) is 8.68. The Kier molecular flexibility index (Phi) is 15.2. The molecule has 2 unspecified atom stereocenters. The number of aromatic nitrogens is 1. The average molecular weight is 710 g/mol. The lowest BCUT2D eigenvalue weighted by molar-refractivity contribution is -0.213. The maximum Gasteiger partial charge on any atom is 0.416 e. The summed E-state index contributed by atoms with van der Waals surface area (Å²) >= 11 is 0. The lowest BCUT2D eigenvalue weighted by Gasteiger charge is -2.27. The van der Waals surface area contributed by atoms with Crippen LogP contribution in [0.3, 0.4) is 0 Å². The van der Waals surface area contributed by atoms with Crippen LogP contribution in [-0.2, 0) is 36.8 Å². The van der Waals surface area contributed by atoms with E-state index < -0.39 is 72.4 Å². The van der Waals surface area contributed by atoms with Crippen molar-refractivity contribution < 1.29 is 42.3 Å². The first kappa shape index (κ1) is 40.7. The van der Waals surface area contributed by atoms with Crippen molar-refractivity contribution in [2.75, 3.05) is 0 Å². The third kappa shape index (κ3) is 13.2. The van der Waals surface area contributed by atoms with Crippen molar-refractivity contribution >= 4 is 29.2 Å². The number of nitrogens with zero attached hydrogens (tertiary/aromatic N) is 1. The van der Waals surface area contributed by atoms with Crippen LogP contribution in [0.4, 0.5) is 13.2 Å². The molecule has 3 N–H and O–H groups in total. The highest BCUT2D eigenvalue weighted by Crippen LogP contribution is 2.25. The predicted molar refractivity (Wildman–Crippen MR) is 186 cm³/mol. The van der Waals surface area contributed by atoms with Crippen LogP contribution in [0.1, 0.15) is 64.5 Å². The number of aliphatic hydroxyl groups excluding tert-OH is 1. The fourth-order valence-electron chi connectivity index (χ4n) is 5.66. The van der Waals surface area contributed by atoms with Gasteiger partial charge in [0.2, 0.25) is 11.8 Å². The largest absolute Gasteiger partial charge is 0.416 e. The number of halogens is 3. The second-order valence-electron chi connectivity index (χ2n) is 13.4. The Balaban J connectivity index is 1.73. The number of aliphatic hydroxyl groups is 1. The van der Waals surface area contributed by atoms with E-state index in [1.54, 1.807) is 56.4 Å². The number of Topliss-reactive ketones (excluding diaryl/α,β-unsaturated/α-hetero) is 3. The monoisotopic (exact) mass is 709 g/mol. The Morgan fingerprint density at radius 1 is 0.824 bits per heavy atom. The Morgan fingerprint density at radius 3 is 2.04 bits per heavy atom. The number of nitrogens with one attached hydrogen (secondary N) is 2. The summed E-state index contributed by atoms with van der Waals surface area (Å²) in [5.74, 6) is -4.72. The Labute approximate surface area is 296 Å². The minimum absolute atomic E-state index is 0.0752. The summed E-state index contributed by atoms with van der Waals surface area (Å²) in [6.07, 6.45) is -7.43. The molecule has 0 spiro atoms. The van der Waals surface area contributed by atoms with E-state index >= 15 is 0 Å². The van der Waals surface area contributed by atoms with Crippen molar-refractivity contribution in [2.45, 2.75) is 90.6 Å². The van der Waals surface area contributed by atoms with Gasteiger partial charge in [-0.05, 0) is 48.9 Å². The fourth-order valence-corrected chi connectivity index (χ4v) is 5.66. The number of carbonyl (C=O) groups excluding carboxylic acids is 5. The van der Waals surface area contributed by atoms with Crippen LogP contribution in [0.25, 0.3) is 11.3 Å². The molecule has 0 aliphatic rings. The zero-order chi connectivity index (χ0) is 37.7. The van der Waals surface area contributed by atoms with Crippen LogP contribution in [0.5, 0.6) is 0 Å². The molecule has 3 aromatic rings. The highest BCUT2D eigenvalue weighted by atomic mass is 19.4. The summed E-state index contributed by atoms with van der Waals surface area (Å²) in [5, 5.41) is 14.8. The molecule has 0 saturated carbocycles. The van der Waals surface area contributed by atoms with E-state index in [4.69, 9.17) is 0 Å². The van der Waals surface area contributed by atoms with Crippen molar-refractivity contribution in [1.29, 1.82) is 0 Å². The Bertz CT molecular complexity index is 1630. The summed E-state index contributed by atoms with van der Waals surface area (Å²) in [6, 6.07) is 19.0. The zero-order valence-corrected chi connectivity index (χ0v) is 29.3. The minimum atomic E-state index is -5.05. The van der Waals surface area contributed by atoms with Crippen molar-refractivity contribution in [3.05, 3.63) is 90.1 Å². The van der Waals surface area contributed by atoms with Crippen LogP contribution in [0.2, 0.25) is 0 Å². The van der Waals surface area contributed by atoms with Crippen LogP contribution >= 0.6 is 0 Å². The topological polar surface area (TPSA) is 143 Å². The number of amides is 2. The van der Waals surface area contributed by atoms with Gasteiger partial charge in [0.25, 0.3) is 0 Å². The van der Waals surface area contributed by atoms with Crippen molar-refractivity contribution in [3.8, 4) is 11.3 Å². The molecule has 5 atom stereocenters. The normalized spacial score (nSPS) is 14.5. The number of hydrogen-bond donors (Lipinski definition) is 3. The van der Waals surface area contributed by atoms with Gasteiger partial charge in [0, 0.05) is 49.3 Å². The number of pyridine rings is 1. The maximum atomic E-state index is 13.7. The molecule has 1 aromatic heterocycles. The van der Waals surface area contributed by atoms with Crippen LogP contribution < -0.4 is 10.6 Å². The predicted octanol–water partition coefficient (Wildman–Crippen LogP) is 5.62. The molecule has 0 saturated heterocycles. The number of ketones is 3. The highest BCUT2D eigenvalue weighted by molar-refractivity contribution is 5.94. The first-order valence-electron chi connectivity index (χ1n) is 17.0. The van der Waals surface area contributed by atoms with E-state index in [1.165, 1.54) is 13.8 Å². The van der Waals surface area contributed by atoms with Crippen molar-refractivity contribution in [1.82, 2.24) is 15.6 Å². The Hall–Kier alpha value is -4.71. The van der Waals surface area contributed by atoms with E-state index in [9.17, 15) is 42.3 Å². The molecule has 1 heterocycles. The van der Waals surface area contributed by atoms with E-state index in [2.05, 4.69) is 15.6 Å². The molecule has 2 amide bonds. The quantitative estimate of drug-likeness (QED) is 0.147. The summed E-state index contributed by atoms with van der Waals surface area (Å²) < 4.78 is 39.9. The van der Waals surface area contributed by atoms with Gasteiger partial charge in [-0.1, -0.05) is 81.4 Å². The summed E-state index contributed by atoms with van der Waals surface area (Å²) in [7, 11) is 0. The summed E-state index contributed by atoms with van der Waals surface area (Å²) in [6.45, 7) is 6.14. The fraction of sp³-hybridized carbons (Fsp3) is 0.436. The molecule has 12 heteroatoms. The van der Waals surface area contributed by atoms with E-state index in [1.807, 2.05) is 36.4 Å². The second kappa shape index (κ2) is 19.1. The van der Waals surface area contributed by atoms with Gasteiger partial charge in [-0.2, -0.15) is 13.2 Å². The lowest BCUT2D eigenvalue weighted by Crippen LogP contribution is -2.52. The minimum Gasteiger partial charge on any atom is -0.382 e. The Morgan fingerprint density at radius 2 is 1.45 bits per heavy atom. The van der Waals surface area contributed by atoms with Crippen molar-refractivity contribution in [2.24, 2.45) is 17.8 Å². The van der Waals surface area contributed by atoms with Crippen LogP contribution in [0, 0.1) is 17.8 Å². The van der Waals surface area contributed by atoms with Gasteiger partial charge in [-0.3, -0.25) is 24.2 Å². The van der Waals surface area contributed by atoms with Gasteiger partial charge >= 0.3 is 6.18 Å². The average Bonchev–Trinajstić information content (AvgIpc) is 3.08. The lowest BCUT2D eigenvalue weighted by atomic mass is 9.87. The molecule has 0 aliphatic heterocycles. The highest BCUT2D eigenvalue weighted by Gasteiger charge is 2.44. The number of benzene rings is 2. The molecule has 9 nitrogen and oxygen atoms in total. The van der Waals surface area contributed by atoms with Crippen LogP contribution in [-0.4, -0.2) is 63.6 Å². The molecule has 2 aromatic carbocycles. The van der Waals surface area contributed by atoms with Gasteiger partial charge < -0.3 is 20.5 Å². The molecular weight excluding hydrogens is 663 g/mol. The van der Waals surface area contributed by atoms with Gasteiger partial charge in [0.15, 0.2) is 11.9 Å². The molecule has 274 valence electrons. The first-order chi connectivity index (χ1) is 24.0. The number of carbonyl (C=O) groups is 5. The molecule has 0 aliphatic carbocycles. The SMILES string of the molecule is CC(=O)CCC(NC(=O)[C@H](C)CC(=O)[C@H](Cc1ccccc1)NC(=O)[C@@H](CC(=O)Cc1ccnc(-c2ccccc2)c1)C(C)C)C(O)C(F)(F)F. The van der Waals surface area contributed by atoms with Gasteiger partial charge in [-0.25, -0.2) is 0 Å². The molecule has 51 heavy (non-hydrogen) atoms. The van der Waals surface area contributed by atoms with E-state index in [-0.39, 0.29) is 37.4 Å². The van der Waals surface area contributed by atoms with E-state index in [0.29, 0.717) is 5.69 Å². The van der Waals surface area contributed by atoms with Gasteiger partial charge in [0.05, 0.1) is 17.8 Å². The number of alkyl halides is 3. The third-order valence-electron chi connectivity index (χ3n) is 8.68. The zero-order valence-electron chi connectivity index (χ0n) is 29.3. The number of rotatable bonds is 19. The molecule has 0 fully saturated rings. The van der Waals surface area contributed by atoms with Crippen LogP contribution in [0.15, 0.2) is 79.0 Å². The van der Waals surface area contributed by atoms with Gasteiger partial charge in [-0.15, -0.1) is 0 Å². The maximum absolute atomic E-state index is 13.7. The molecule has 0 bridgehead atoms. The first-order valence-corrected chi connectivity index (χ1v) is 17.0. The molecule has 3 rings (SSSR count). The summed E-state index contributed by atoms with van der Waals surface area (Å²) in [4.78, 5) is 69.4. The molecular formula is C39H46F3N3O6. The van der Waals surface area contributed by atoms with Gasteiger partial charge in [0.1, 0.15) is 11.6 Å². The second-order valence-corrected chi connectivity index (χ2v) is 13.4. The smallest absolute Gasteiger partial charge is 0.382 e. The standard InChI is InChI=1S/C39H46F3N3O6/c1-24(2)31(23-30(47)20-28-17-18-43-33(22-28)29-13-9-6-10-14-29)38(51)45-34(21-27-11-7-5-8-12-27)35(48)19-25(3)37(50)44-32(16-15-26(4)46)36(49)39(40,41)42/h5-14,17-18,22,24-25,31-32,34,36,49H,15-16,19-21,23H2,1-4H3,(H,44,50)(H,45,51)/t25-,31+,32?,34+,36?/m1/s1. The number of hydrogen-bond acceptors (Lipinski definition) is 7. The van der Waals surface area contributed by atoms with Crippen molar-refractivity contribution in [3.63, 3.8) is 0 Å².